The Kier molecular flexibility index (Phi) is 4.96. The molecule has 2 aromatic heterocycles. The highest BCUT2D eigenvalue weighted by Crippen LogP contribution is 2.17. The molecule has 0 unspecified atom stereocenters. The van der Waals surface area contributed by atoms with Gasteiger partial charge in [-0.15, -0.1) is 0 Å². The molecule has 0 bridgehead atoms. The van der Waals surface area contributed by atoms with Gasteiger partial charge in [0.2, 0.25) is 10.0 Å². The molecular weight excluding hydrogens is 336 g/mol. The Bertz CT molecular complexity index is 966. The number of imidazole rings is 1. The number of benzene rings is 1. The summed E-state index contributed by atoms with van der Waals surface area (Å²) in [7, 11) is -3.54. The van der Waals surface area contributed by atoms with Crippen molar-refractivity contribution in [2.75, 3.05) is 6.54 Å². The summed E-state index contributed by atoms with van der Waals surface area (Å²) in [4.78, 5) is 8.92. The van der Waals surface area contributed by atoms with Crippen LogP contribution in [-0.4, -0.2) is 29.5 Å². The van der Waals surface area contributed by atoms with E-state index in [2.05, 4.69) is 14.7 Å². The standard InChI is InChI=1S/C18H20N4O2S/c1-14-6-7-15(2)17(13-14)25(23,24)21-10-12-22-11-9-20-18(22)16-5-3-4-8-19-16/h3-9,11,13,21H,10,12H2,1-2H3. The molecule has 25 heavy (non-hydrogen) atoms. The number of aryl methyl sites for hydroxylation is 2. The smallest absolute Gasteiger partial charge is 0.240 e. The SMILES string of the molecule is Cc1ccc(C)c(S(=O)(=O)NCCn2ccnc2-c2ccccn2)c1. The zero-order valence-corrected chi connectivity index (χ0v) is 15.0. The first kappa shape index (κ1) is 17.3. The van der Waals surface area contributed by atoms with Crippen molar-refractivity contribution >= 4 is 10.0 Å². The number of hydrogen-bond acceptors (Lipinski definition) is 4. The molecule has 0 spiro atoms. The van der Waals surface area contributed by atoms with Gasteiger partial charge in [-0.25, -0.2) is 18.1 Å². The zero-order chi connectivity index (χ0) is 17.9. The minimum atomic E-state index is -3.54. The van der Waals surface area contributed by atoms with Crippen LogP contribution < -0.4 is 4.72 Å². The number of pyridine rings is 1. The van der Waals surface area contributed by atoms with Crippen LogP contribution in [0.3, 0.4) is 0 Å². The molecule has 0 aliphatic carbocycles. The number of aromatic nitrogens is 3. The normalized spacial score (nSPS) is 11.6. The van der Waals surface area contributed by atoms with Gasteiger partial charge in [0, 0.05) is 31.7 Å². The van der Waals surface area contributed by atoms with Crippen LogP contribution in [0.1, 0.15) is 11.1 Å². The van der Waals surface area contributed by atoms with Gasteiger partial charge in [-0.05, 0) is 43.2 Å². The minimum absolute atomic E-state index is 0.270. The number of rotatable bonds is 6. The molecule has 1 aromatic carbocycles. The summed E-state index contributed by atoms with van der Waals surface area (Å²) in [5.74, 6) is 0.714. The quantitative estimate of drug-likeness (QED) is 0.736. The Morgan fingerprint density at radius 3 is 2.68 bits per heavy atom. The lowest BCUT2D eigenvalue weighted by Gasteiger charge is -2.11. The summed E-state index contributed by atoms with van der Waals surface area (Å²) >= 11 is 0. The molecule has 0 aliphatic heterocycles. The first-order valence-corrected chi connectivity index (χ1v) is 9.45. The molecule has 130 valence electrons. The van der Waals surface area contributed by atoms with E-state index in [4.69, 9.17) is 0 Å². The minimum Gasteiger partial charge on any atom is -0.328 e. The van der Waals surface area contributed by atoms with Gasteiger partial charge in [-0.1, -0.05) is 18.2 Å². The van der Waals surface area contributed by atoms with Crippen LogP contribution in [0.4, 0.5) is 0 Å². The molecule has 7 heteroatoms. The number of nitrogens with one attached hydrogen (secondary N) is 1. The summed E-state index contributed by atoms with van der Waals surface area (Å²) in [6.07, 6.45) is 5.21. The topological polar surface area (TPSA) is 76.9 Å². The predicted octanol–water partition coefficient (Wildman–Crippen LogP) is 2.54. The lowest BCUT2D eigenvalue weighted by molar-refractivity contribution is 0.572. The van der Waals surface area contributed by atoms with Crippen molar-refractivity contribution < 1.29 is 8.42 Å². The first-order chi connectivity index (χ1) is 12.0. The third-order valence-corrected chi connectivity index (χ3v) is 5.49. The van der Waals surface area contributed by atoms with E-state index in [1.54, 1.807) is 25.4 Å². The Labute approximate surface area is 147 Å². The molecule has 0 radical (unpaired) electrons. The summed E-state index contributed by atoms with van der Waals surface area (Å²) in [5.41, 5.74) is 2.40. The Balaban J connectivity index is 1.72. The Morgan fingerprint density at radius 2 is 1.92 bits per heavy atom. The third-order valence-electron chi connectivity index (χ3n) is 3.89. The molecule has 0 fully saturated rings. The summed E-state index contributed by atoms with van der Waals surface area (Å²) in [6.45, 7) is 4.41. The first-order valence-electron chi connectivity index (χ1n) is 7.97. The van der Waals surface area contributed by atoms with Crippen LogP contribution in [0.5, 0.6) is 0 Å². The highest BCUT2D eigenvalue weighted by Gasteiger charge is 2.16. The molecule has 3 rings (SSSR count). The second-order valence-electron chi connectivity index (χ2n) is 5.83. The molecule has 0 amide bonds. The molecule has 3 aromatic rings. The van der Waals surface area contributed by atoms with Crippen molar-refractivity contribution in [3.63, 3.8) is 0 Å². The maximum Gasteiger partial charge on any atom is 0.240 e. The molecule has 0 aliphatic rings. The zero-order valence-electron chi connectivity index (χ0n) is 14.2. The van der Waals surface area contributed by atoms with Crippen molar-refractivity contribution in [1.29, 1.82) is 0 Å². The number of sulfonamides is 1. The van der Waals surface area contributed by atoms with E-state index in [-0.39, 0.29) is 6.54 Å². The van der Waals surface area contributed by atoms with E-state index in [1.165, 1.54) is 0 Å². The Morgan fingerprint density at radius 1 is 1.08 bits per heavy atom. The molecule has 0 saturated carbocycles. The van der Waals surface area contributed by atoms with Crippen LogP contribution in [0.2, 0.25) is 0 Å². The van der Waals surface area contributed by atoms with Crippen LogP contribution in [0.15, 0.2) is 59.9 Å². The van der Waals surface area contributed by atoms with Crippen molar-refractivity contribution in [2.24, 2.45) is 0 Å². The monoisotopic (exact) mass is 356 g/mol. The maximum absolute atomic E-state index is 12.5. The van der Waals surface area contributed by atoms with Crippen LogP contribution in [0, 0.1) is 13.8 Å². The lowest BCUT2D eigenvalue weighted by atomic mass is 10.2. The van der Waals surface area contributed by atoms with E-state index >= 15 is 0 Å². The van der Waals surface area contributed by atoms with Crippen LogP contribution in [-0.2, 0) is 16.6 Å². The fourth-order valence-electron chi connectivity index (χ4n) is 2.59. The van der Waals surface area contributed by atoms with E-state index in [0.717, 1.165) is 16.8 Å². The number of nitrogens with zero attached hydrogens (tertiary/aromatic N) is 3. The van der Waals surface area contributed by atoms with Crippen molar-refractivity contribution in [1.82, 2.24) is 19.3 Å². The van der Waals surface area contributed by atoms with Gasteiger partial charge in [0.05, 0.1) is 4.90 Å². The van der Waals surface area contributed by atoms with Crippen molar-refractivity contribution in [3.05, 3.63) is 66.1 Å². The van der Waals surface area contributed by atoms with Gasteiger partial charge in [0.25, 0.3) is 0 Å². The van der Waals surface area contributed by atoms with Crippen LogP contribution >= 0.6 is 0 Å². The second kappa shape index (κ2) is 7.16. The molecule has 0 atom stereocenters. The molecule has 6 nitrogen and oxygen atoms in total. The molecule has 2 heterocycles. The van der Waals surface area contributed by atoms with E-state index < -0.39 is 10.0 Å². The van der Waals surface area contributed by atoms with E-state index in [0.29, 0.717) is 17.3 Å². The largest absolute Gasteiger partial charge is 0.328 e. The van der Waals surface area contributed by atoms with Gasteiger partial charge in [0.15, 0.2) is 5.82 Å². The maximum atomic E-state index is 12.5. The van der Waals surface area contributed by atoms with E-state index in [1.807, 2.05) is 48.0 Å². The summed E-state index contributed by atoms with van der Waals surface area (Å²) in [6, 6.07) is 11.0. The lowest BCUT2D eigenvalue weighted by Crippen LogP contribution is -2.28. The third kappa shape index (κ3) is 3.94. The van der Waals surface area contributed by atoms with Gasteiger partial charge in [0.1, 0.15) is 5.69 Å². The fraction of sp³-hybridized carbons (Fsp3) is 0.222. The van der Waals surface area contributed by atoms with Crippen LogP contribution in [0.25, 0.3) is 11.5 Å². The van der Waals surface area contributed by atoms with Gasteiger partial charge < -0.3 is 4.57 Å². The summed E-state index contributed by atoms with van der Waals surface area (Å²) in [5, 5.41) is 0. The molecular formula is C18H20N4O2S. The van der Waals surface area contributed by atoms with E-state index in [9.17, 15) is 8.42 Å². The Hall–Kier alpha value is -2.51. The highest BCUT2D eigenvalue weighted by molar-refractivity contribution is 7.89. The van der Waals surface area contributed by atoms with Gasteiger partial charge >= 0.3 is 0 Å². The molecule has 1 N–H and O–H groups in total. The summed E-state index contributed by atoms with van der Waals surface area (Å²) < 4.78 is 29.6. The van der Waals surface area contributed by atoms with Crippen molar-refractivity contribution in [3.8, 4) is 11.5 Å². The van der Waals surface area contributed by atoms with Gasteiger partial charge in [-0.3, -0.25) is 4.98 Å². The average Bonchev–Trinajstić information content (AvgIpc) is 3.06. The fourth-order valence-corrected chi connectivity index (χ4v) is 3.94. The average molecular weight is 356 g/mol. The second-order valence-corrected chi connectivity index (χ2v) is 7.56. The molecule has 0 saturated heterocycles. The highest BCUT2D eigenvalue weighted by atomic mass is 32.2. The van der Waals surface area contributed by atoms with Gasteiger partial charge in [-0.2, -0.15) is 0 Å². The number of hydrogen-bond donors (Lipinski definition) is 1. The van der Waals surface area contributed by atoms with Crippen molar-refractivity contribution in [2.45, 2.75) is 25.3 Å². The predicted molar refractivity (Wildman–Crippen MR) is 96.6 cm³/mol.